The minimum Gasteiger partial charge on any atom is -0.353 e. The van der Waals surface area contributed by atoms with Crippen molar-refractivity contribution in [3.63, 3.8) is 0 Å². The molecule has 0 saturated heterocycles. The topological polar surface area (TPSA) is 29.1 Å². The Kier molecular flexibility index (Phi) is 7.26. The van der Waals surface area contributed by atoms with Gasteiger partial charge < -0.3 is 5.32 Å². The van der Waals surface area contributed by atoms with Gasteiger partial charge in [-0.05, 0) is 18.9 Å². The Morgan fingerprint density at radius 2 is 2.36 bits per heavy atom. The van der Waals surface area contributed by atoms with Crippen molar-refractivity contribution in [2.75, 3.05) is 12.4 Å². The third kappa shape index (κ3) is 7.40. The molecule has 0 bridgehead atoms. The zero-order valence-corrected chi connectivity index (χ0v) is 7.23. The monoisotopic (exact) mass is 174 g/mol. The van der Waals surface area contributed by atoms with Crippen LogP contribution in [0, 0.1) is 6.92 Å². The first-order valence-electron chi connectivity index (χ1n) is 3.61. The fourth-order valence-electron chi connectivity index (χ4n) is 0.524. The Morgan fingerprint density at radius 3 is 2.91 bits per heavy atom. The number of halogens is 1. The molecule has 2 nitrogen and oxygen atoms in total. The molecule has 0 aliphatic heterocycles. The average molecular weight is 175 g/mol. The van der Waals surface area contributed by atoms with E-state index in [1.54, 1.807) is 6.08 Å². The van der Waals surface area contributed by atoms with E-state index in [0.29, 0.717) is 12.4 Å². The number of nitrogens with one attached hydrogen (secondary N) is 1. The largest absolute Gasteiger partial charge is 0.353 e. The number of carbonyl (C=O) groups is 1. The molecule has 0 rings (SSSR count). The van der Waals surface area contributed by atoms with Crippen LogP contribution in [0.4, 0.5) is 0 Å². The molecule has 0 aliphatic rings. The first-order chi connectivity index (χ1) is 5.31. The van der Waals surface area contributed by atoms with E-state index in [0.717, 1.165) is 12.8 Å². The van der Waals surface area contributed by atoms with Crippen molar-refractivity contribution in [3.8, 4) is 0 Å². The van der Waals surface area contributed by atoms with Crippen molar-refractivity contribution >= 4 is 17.5 Å². The van der Waals surface area contributed by atoms with Gasteiger partial charge in [-0.15, -0.1) is 11.6 Å². The van der Waals surface area contributed by atoms with E-state index in [1.165, 1.54) is 6.08 Å². The highest BCUT2D eigenvalue weighted by molar-refractivity contribution is 6.17. The SMILES string of the molecule is [CH2]CCNC(=O)C=CCCCl. The van der Waals surface area contributed by atoms with Gasteiger partial charge in [0.25, 0.3) is 0 Å². The van der Waals surface area contributed by atoms with Crippen LogP contribution in [-0.2, 0) is 4.79 Å². The lowest BCUT2D eigenvalue weighted by atomic mass is 10.4. The maximum Gasteiger partial charge on any atom is 0.243 e. The van der Waals surface area contributed by atoms with Gasteiger partial charge in [-0.2, -0.15) is 0 Å². The van der Waals surface area contributed by atoms with Crippen molar-refractivity contribution in [2.24, 2.45) is 0 Å². The van der Waals surface area contributed by atoms with E-state index in [1.807, 2.05) is 0 Å². The maximum absolute atomic E-state index is 10.8. The molecule has 11 heavy (non-hydrogen) atoms. The lowest BCUT2D eigenvalue weighted by molar-refractivity contribution is -0.116. The van der Waals surface area contributed by atoms with Crippen molar-refractivity contribution in [1.82, 2.24) is 5.32 Å². The van der Waals surface area contributed by atoms with Crippen LogP contribution in [0.25, 0.3) is 0 Å². The number of carbonyl (C=O) groups excluding carboxylic acids is 1. The zero-order chi connectivity index (χ0) is 8.53. The minimum atomic E-state index is -0.0706. The van der Waals surface area contributed by atoms with Crippen molar-refractivity contribution in [3.05, 3.63) is 19.1 Å². The summed E-state index contributed by atoms with van der Waals surface area (Å²) in [5, 5.41) is 2.66. The van der Waals surface area contributed by atoms with Crippen LogP contribution in [0.3, 0.4) is 0 Å². The summed E-state index contributed by atoms with van der Waals surface area (Å²) < 4.78 is 0. The van der Waals surface area contributed by atoms with Crippen LogP contribution in [0.15, 0.2) is 12.2 Å². The van der Waals surface area contributed by atoms with Gasteiger partial charge in [-0.1, -0.05) is 13.0 Å². The van der Waals surface area contributed by atoms with Gasteiger partial charge in [0.05, 0.1) is 0 Å². The molecule has 0 heterocycles. The van der Waals surface area contributed by atoms with Gasteiger partial charge in [0, 0.05) is 12.4 Å². The number of allylic oxidation sites excluding steroid dienone is 1. The fourth-order valence-corrected chi connectivity index (χ4v) is 0.650. The third-order valence-corrected chi connectivity index (χ3v) is 1.24. The predicted molar refractivity (Wildman–Crippen MR) is 47.5 cm³/mol. The highest BCUT2D eigenvalue weighted by Gasteiger charge is 1.90. The van der Waals surface area contributed by atoms with Crippen LogP contribution in [0.2, 0.25) is 0 Å². The zero-order valence-electron chi connectivity index (χ0n) is 6.48. The molecule has 0 aliphatic carbocycles. The average Bonchev–Trinajstić information content (AvgIpc) is 2.01. The lowest BCUT2D eigenvalue weighted by Gasteiger charge is -1.96. The molecule has 1 amide bonds. The summed E-state index contributed by atoms with van der Waals surface area (Å²) in [6.45, 7) is 4.22. The quantitative estimate of drug-likeness (QED) is 0.497. The molecule has 0 aromatic carbocycles. The van der Waals surface area contributed by atoms with Gasteiger partial charge in [0.15, 0.2) is 0 Å². The van der Waals surface area contributed by atoms with Gasteiger partial charge in [-0.3, -0.25) is 4.79 Å². The first-order valence-corrected chi connectivity index (χ1v) is 4.14. The molecule has 0 unspecified atom stereocenters. The molecule has 1 N–H and O–H groups in total. The Morgan fingerprint density at radius 1 is 1.64 bits per heavy atom. The van der Waals surface area contributed by atoms with E-state index >= 15 is 0 Å². The van der Waals surface area contributed by atoms with Gasteiger partial charge in [0.1, 0.15) is 0 Å². The number of alkyl halides is 1. The summed E-state index contributed by atoms with van der Waals surface area (Å²) in [4.78, 5) is 10.8. The molecular formula is C8H13ClNO. The van der Waals surface area contributed by atoms with Crippen molar-refractivity contribution in [2.45, 2.75) is 12.8 Å². The summed E-state index contributed by atoms with van der Waals surface area (Å²) in [5.74, 6) is 0.484. The molecule has 1 radical (unpaired) electrons. The van der Waals surface area contributed by atoms with E-state index < -0.39 is 0 Å². The second-order valence-electron chi connectivity index (χ2n) is 2.02. The molecule has 0 aromatic rings. The standard InChI is InChI=1S/C8H13ClNO/c1-2-7-10-8(11)5-3-4-6-9/h3,5H,1-2,4,6-7H2,(H,10,11). The molecule has 0 aromatic heterocycles. The highest BCUT2D eigenvalue weighted by Crippen LogP contribution is 1.86. The van der Waals surface area contributed by atoms with Gasteiger partial charge >= 0.3 is 0 Å². The van der Waals surface area contributed by atoms with E-state index in [9.17, 15) is 4.79 Å². The summed E-state index contributed by atoms with van der Waals surface area (Å²) in [7, 11) is 0. The molecule has 63 valence electrons. The summed E-state index contributed by atoms with van der Waals surface area (Å²) in [6.07, 6.45) is 4.71. The van der Waals surface area contributed by atoms with Gasteiger partial charge in [-0.25, -0.2) is 0 Å². The van der Waals surface area contributed by atoms with Crippen LogP contribution >= 0.6 is 11.6 Å². The molecule has 0 saturated carbocycles. The molecule has 0 spiro atoms. The molecule has 0 atom stereocenters. The van der Waals surface area contributed by atoms with E-state index in [2.05, 4.69) is 12.2 Å². The van der Waals surface area contributed by atoms with E-state index in [-0.39, 0.29) is 5.91 Å². The predicted octanol–water partition coefficient (Wildman–Crippen LogP) is 1.51. The normalized spacial score (nSPS) is 10.4. The number of amides is 1. The van der Waals surface area contributed by atoms with Crippen LogP contribution in [0.1, 0.15) is 12.8 Å². The molecular weight excluding hydrogens is 162 g/mol. The Hall–Kier alpha value is -0.500. The number of hydrogen-bond acceptors (Lipinski definition) is 1. The Bertz CT molecular complexity index is 134. The first kappa shape index (κ1) is 10.5. The van der Waals surface area contributed by atoms with Crippen LogP contribution in [-0.4, -0.2) is 18.3 Å². The number of hydrogen-bond donors (Lipinski definition) is 1. The van der Waals surface area contributed by atoms with E-state index in [4.69, 9.17) is 11.6 Å². The number of rotatable bonds is 5. The molecule has 3 heteroatoms. The van der Waals surface area contributed by atoms with Crippen LogP contribution < -0.4 is 5.32 Å². The third-order valence-electron chi connectivity index (χ3n) is 1.02. The smallest absolute Gasteiger partial charge is 0.243 e. The minimum absolute atomic E-state index is 0.0706. The second kappa shape index (κ2) is 7.61. The second-order valence-corrected chi connectivity index (χ2v) is 2.40. The summed E-state index contributed by atoms with van der Waals surface area (Å²) in [5.41, 5.74) is 0. The van der Waals surface area contributed by atoms with Crippen LogP contribution in [0.5, 0.6) is 0 Å². The highest BCUT2D eigenvalue weighted by atomic mass is 35.5. The lowest BCUT2D eigenvalue weighted by Crippen LogP contribution is -2.21. The summed E-state index contributed by atoms with van der Waals surface area (Å²) >= 11 is 5.40. The summed E-state index contributed by atoms with van der Waals surface area (Å²) in [6, 6.07) is 0. The maximum atomic E-state index is 10.8. The van der Waals surface area contributed by atoms with Gasteiger partial charge in [0.2, 0.25) is 5.91 Å². The Balaban J connectivity index is 3.35. The Labute approximate surface area is 72.6 Å². The molecule has 0 fully saturated rings. The van der Waals surface area contributed by atoms with Crippen molar-refractivity contribution < 1.29 is 4.79 Å². The fraction of sp³-hybridized carbons (Fsp3) is 0.500. The van der Waals surface area contributed by atoms with Crippen molar-refractivity contribution in [1.29, 1.82) is 0 Å².